The summed E-state index contributed by atoms with van der Waals surface area (Å²) in [6.07, 6.45) is -3.48. The molecule has 0 radical (unpaired) electrons. The molecule has 8 heteroatoms. The molecular weight excluding hydrogens is 323 g/mol. The first-order chi connectivity index (χ1) is 9.83. The van der Waals surface area contributed by atoms with Gasteiger partial charge in [-0.2, -0.15) is 0 Å². The fourth-order valence-electron chi connectivity index (χ4n) is 2.39. The van der Waals surface area contributed by atoms with E-state index in [2.05, 4.69) is 9.64 Å². The molecule has 1 N–H and O–H groups in total. The number of hydrogen-bond acceptors (Lipinski definition) is 3. The summed E-state index contributed by atoms with van der Waals surface area (Å²) < 4.78 is 39.9. The van der Waals surface area contributed by atoms with Crippen LogP contribution in [0.15, 0.2) is 24.3 Å². The molecule has 1 aromatic rings. The molecule has 4 nitrogen and oxygen atoms in total. The zero-order valence-corrected chi connectivity index (χ0v) is 12.5. The van der Waals surface area contributed by atoms with Crippen molar-refractivity contribution in [2.75, 3.05) is 13.1 Å². The van der Waals surface area contributed by atoms with Gasteiger partial charge in [0.05, 0.1) is 5.92 Å². The normalized spacial score (nSPS) is 16.9. The van der Waals surface area contributed by atoms with E-state index in [1.54, 1.807) is 12.1 Å². The Bertz CT molecular complexity index is 485. The zero-order chi connectivity index (χ0) is 15.5. The lowest BCUT2D eigenvalue weighted by Gasteiger charge is -2.30. The third kappa shape index (κ3) is 5.73. The van der Waals surface area contributed by atoms with E-state index in [9.17, 15) is 18.0 Å². The highest BCUT2D eigenvalue weighted by Gasteiger charge is 2.31. The minimum Gasteiger partial charge on any atom is -0.481 e. The van der Waals surface area contributed by atoms with Crippen LogP contribution < -0.4 is 4.74 Å². The summed E-state index contributed by atoms with van der Waals surface area (Å²) in [5, 5.41) is 8.91. The third-order valence-electron chi connectivity index (χ3n) is 3.50. The van der Waals surface area contributed by atoms with Crippen molar-refractivity contribution in [2.45, 2.75) is 25.7 Å². The lowest BCUT2D eigenvalue weighted by molar-refractivity contribution is -0.274. The number of aliphatic carboxylic acids is 1. The van der Waals surface area contributed by atoms with Crippen molar-refractivity contribution in [1.29, 1.82) is 0 Å². The largest absolute Gasteiger partial charge is 0.573 e. The van der Waals surface area contributed by atoms with Crippen LogP contribution in [0.1, 0.15) is 18.4 Å². The van der Waals surface area contributed by atoms with Crippen molar-refractivity contribution in [3.8, 4) is 5.75 Å². The molecule has 1 heterocycles. The number of carboxylic acid groups (broad SMARTS) is 1. The average molecular weight is 340 g/mol. The van der Waals surface area contributed by atoms with Gasteiger partial charge in [0.1, 0.15) is 5.75 Å². The number of benzene rings is 1. The molecule has 0 unspecified atom stereocenters. The molecule has 1 aliphatic rings. The summed E-state index contributed by atoms with van der Waals surface area (Å²) in [4.78, 5) is 12.9. The highest BCUT2D eigenvalue weighted by Crippen LogP contribution is 2.24. The maximum Gasteiger partial charge on any atom is 0.573 e. The topological polar surface area (TPSA) is 49.8 Å². The van der Waals surface area contributed by atoms with Crippen molar-refractivity contribution in [3.63, 3.8) is 0 Å². The number of nitrogens with zero attached hydrogens (tertiary/aromatic N) is 1. The summed E-state index contributed by atoms with van der Waals surface area (Å²) in [7, 11) is 0. The summed E-state index contributed by atoms with van der Waals surface area (Å²) in [6, 6.07) is 5.74. The number of carboxylic acids is 1. The van der Waals surface area contributed by atoms with Crippen LogP contribution in [-0.4, -0.2) is 35.4 Å². The standard InChI is InChI=1S/C14H16F3NO3.ClH/c15-14(16,17)21-12-3-1-10(2-4-12)9-18-7-5-11(6-8-18)13(19)20;/h1-4,11H,5-9H2,(H,19,20);1H. The van der Waals surface area contributed by atoms with Crippen LogP contribution >= 0.6 is 12.4 Å². The van der Waals surface area contributed by atoms with Crippen LogP contribution in [-0.2, 0) is 11.3 Å². The molecule has 0 aromatic heterocycles. The second-order valence-corrected chi connectivity index (χ2v) is 5.08. The average Bonchev–Trinajstić information content (AvgIpc) is 2.40. The summed E-state index contributed by atoms with van der Waals surface area (Å²) in [5.74, 6) is -1.29. The van der Waals surface area contributed by atoms with Gasteiger partial charge in [0, 0.05) is 6.54 Å². The Morgan fingerprint density at radius 3 is 2.23 bits per heavy atom. The molecule has 0 aliphatic carbocycles. The molecule has 0 amide bonds. The van der Waals surface area contributed by atoms with Crippen LogP contribution in [0.4, 0.5) is 13.2 Å². The van der Waals surface area contributed by atoms with Gasteiger partial charge in [-0.05, 0) is 43.6 Å². The summed E-state index contributed by atoms with van der Waals surface area (Å²) >= 11 is 0. The quantitative estimate of drug-likeness (QED) is 0.914. The molecule has 22 heavy (non-hydrogen) atoms. The number of piperidine rings is 1. The van der Waals surface area contributed by atoms with E-state index in [1.807, 2.05) is 0 Å². The third-order valence-corrected chi connectivity index (χ3v) is 3.50. The van der Waals surface area contributed by atoms with Crippen molar-refractivity contribution in [1.82, 2.24) is 4.90 Å². The number of likely N-dealkylation sites (tertiary alicyclic amines) is 1. The van der Waals surface area contributed by atoms with Crippen LogP contribution in [0.25, 0.3) is 0 Å². The van der Waals surface area contributed by atoms with Crippen LogP contribution in [0.3, 0.4) is 0 Å². The second kappa shape index (κ2) is 7.69. The first-order valence-corrected chi connectivity index (χ1v) is 6.63. The van der Waals surface area contributed by atoms with E-state index in [1.165, 1.54) is 12.1 Å². The van der Waals surface area contributed by atoms with Crippen molar-refractivity contribution in [3.05, 3.63) is 29.8 Å². The maximum absolute atomic E-state index is 12.0. The molecule has 1 saturated heterocycles. The van der Waals surface area contributed by atoms with Crippen molar-refractivity contribution >= 4 is 18.4 Å². The maximum atomic E-state index is 12.0. The number of halogens is 4. The minimum absolute atomic E-state index is 0. The predicted molar refractivity (Wildman–Crippen MR) is 76.0 cm³/mol. The van der Waals surface area contributed by atoms with Gasteiger partial charge >= 0.3 is 12.3 Å². The molecule has 1 aromatic carbocycles. The number of hydrogen-bond donors (Lipinski definition) is 1. The van der Waals surface area contributed by atoms with Gasteiger partial charge in [0.25, 0.3) is 0 Å². The van der Waals surface area contributed by atoms with E-state index >= 15 is 0 Å². The first-order valence-electron chi connectivity index (χ1n) is 6.63. The minimum atomic E-state index is -4.68. The van der Waals surface area contributed by atoms with E-state index in [0.29, 0.717) is 32.5 Å². The highest BCUT2D eigenvalue weighted by molar-refractivity contribution is 5.85. The Kier molecular flexibility index (Phi) is 6.49. The molecule has 0 spiro atoms. The van der Waals surface area contributed by atoms with E-state index in [4.69, 9.17) is 5.11 Å². The number of alkyl halides is 3. The molecule has 2 rings (SSSR count). The van der Waals surface area contributed by atoms with Crippen LogP contribution in [0.2, 0.25) is 0 Å². The van der Waals surface area contributed by atoms with Crippen LogP contribution in [0.5, 0.6) is 5.75 Å². The fourth-order valence-corrected chi connectivity index (χ4v) is 2.39. The van der Waals surface area contributed by atoms with Gasteiger partial charge in [0.15, 0.2) is 0 Å². The summed E-state index contributed by atoms with van der Waals surface area (Å²) in [6.45, 7) is 1.95. The number of carbonyl (C=O) groups is 1. The number of rotatable bonds is 4. The molecular formula is C14H17ClF3NO3. The molecule has 1 aliphatic heterocycles. The van der Waals surface area contributed by atoms with Crippen molar-refractivity contribution < 1.29 is 27.8 Å². The van der Waals surface area contributed by atoms with Gasteiger partial charge in [-0.25, -0.2) is 0 Å². The smallest absolute Gasteiger partial charge is 0.481 e. The predicted octanol–water partition coefficient (Wildman–Crippen LogP) is 3.30. The van der Waals surface area contributed by atoms with E-state index in [-0.39, 0.29) is 24.1 Å². The highest BCUT2D eigenvalue weighted by atomic mass is 35.5. The fraction of sp³-hybridized carbons (Fsp3) is 0.500. The Hall–Kier alpha value is -1.47. The van der Waals surface area contributed by atoms with Gasteiger partial charge in [-0.3, -0.25) is 9.69 Å². The molecule has 0 saturated carbocycles. The monoisotopic (exact) mass is 339 g/mol. The van der Waals surface area contributed by atoms with Crippen molar-refractivity contribution in [2.24, 2.45) is 5.92 Å². The second-order valence-electron chi connectivity index (χ2n) is 5.08. The van der Waals surface area contributed by atoms with Gasteiger partial charge < -0.3 is 9.84 Å². The van der Waals surface area contributed by atoms with E-state index in [0.717, 1.165) is 5.56 Å². The lowest BCUT2D eigenvalue weighted by atomic mass is 9.97. The van der Waals surface area contributed by atoms with Crippen LogP contribution in [0, 0.1) is 5.92 Å². The zero-order valence-electron chi connectivity index (χ0n) is 11.7. The molecule has 0 bridgehead atoms. The molecule has 124 valence electrons. The van der Waals surface area contributed by atoms with Gasteiger partial charge in [-0.15, -0.1) is 25.6 Å². The van der Waals surface area contributed by atoms with Gasteiger partial charge in [0.2, 0.25) is 0 Å². The molecule has 1 fully saturated rings. The SMILES string of the molecule is Cl.O=C(O)C1CCN(Cc2ccc(OC(F)(F)F)cc2)CC1. The number of ether oxygens (including phenoxy) is 1. The summed E-state index contributed by atoms with van der Waals surface area (Å²) in [5.41, 5.74) is 0.873. The van der Waals surface area contributed by atoms with Gasteiger partial charge in [-0.1, -0.05) is 12.1 Å². The first kappa shape index (κ1) is 18.6. The Morgan fingerprint density at radius 2 is 1.77 bits per heavy atom. The van der Waals surface area contributed by atoms with E-state index < -0.39 is 12.3 Å². The Labute approximate surface area is 132 Å². The molecule has 0 atom stereocenters. The lowest BCUT2D eigenvalue weighted by Crippen LogP contribution is -2.35. The Balaban J connectivity index is 0.00000242. The Morgan fingerprint density at radius 1 is 1.23 bits per heavy atom.